The van der Waals surface area contributed by atoms with E-state index in [-0.39, 0.29) is 17.6 Å². The minimum atomic E-state index is -3.39. The van der Waals surface area contributed by atoms with Crippen LogP contribution in [0.3, 0.4) is 0 Å². The number of amides is 1. The Bertz CT molecular complexity index is 986. The van der Waals surface area contributed by atoms with Crippen LogP contribution in [0.25, 0.3) is 0 Å². The predicted octanol–water partition coefficient (Wildman–Crippen LogP) is 2.90. The van der Waals surface area contributed by atoms with Gasteiger partial charge in [0.15, 0.2) is 11.5 Å². The maximum atomic E-state index is 12.9. The number of carbonyl (C=O) groups is 1. The van der Waals surface area contributed by atoms with Crippen LogP contribution in [0.5, 0.6) is 11.5 Å². The molecule has 1 aliphatic heterocycles. The second-order valence-electron chi connectivity index (χ2n) is 7.80. The third-order valence-electron chi connectivity index (χ3n) is 5.63. The predicted molar refractivity (Wildman–Crippen MR) is 119 cm³/mol. The normalized spacial score (nSPS) is 15.5. The summed E-state index contributed by atoms with van der Waals surface area (Å²) in [7, 11) is 1.55. The van der Waals surface area contributed by atoms with Crippen LogP contribution >= 0.6 is 0 Å². The Hall–Kier alpha value is -2.58. The molecule has 0 spiro atoms. The molecule has 0 aromatic heterocycles. The van der Waals surface area contributed by atoms with E-state index >= 15 is 0 Å². The van der Waals surface area contributed by atoms with Crippen LogP contribution in [0.2, 0.25) is 0 Å². The number of nitrogens with zero attached hydrogens (tertiary/aromatic N) is 2. The average molecular weight is 447 g/mol. The highest BCUT2D eigenvalue weighted by Crippen LogP contribution is 2.29. The average Bonchev–Trinajstić information content (AvgIpc) is 2.79. The van der Waals surface area contributed by atoms with Crippen molar-refractivity contribution in [3.8, 4) is 11.5 Å². The van der Waals surface area contributed by atoms with E-state index in [1.54, 1.807) is 26.2 Å². The summed E-state index contributed by atoms with van der Waals surface area (Å²) in [4.78, 5) is 14.6. The Morgan fingerprint density at radius 2 is 1.65 bits per heavy atom. The van der Waals surface area contributed by atoms with E-state index in [1.165, 1.54) is 4.31 Å². The van der Waals surface area contributed by atoms with Gasteiger partial charge in [-0.1, -0.05) is 36.4 Å². The number of methoxy groups -OCH3 is 2. The topological polar surface area (TPSA) is 76.2 Å². The number of rotatable bonds is 8. The second kappa shape index (κ2) is 10.2. The molecule has 8 heteroatoms. The van der Waals surface area contributed by atoms with Crippen molar-refractivity contribution in [2.75, 3.05) is 34.4 Å². The fourth-order valence-electron chi connectivity index (χ4n) is 3.90. The number of benzene rings is 2. The maximum absolute atomic E-state index is 12.9. The first-order valence-corrected chi connectivity index (χ1v) is 11.9. The monoisotopic (exact) mass is 446 g/mol. The van der Waals surface area contributed by atoms with Crippen molar-refractivity contribution in [2.45, 2.75) is 25.1 Å². The van der Waals surface area contributed by atoms with Crippen molar-refractivity contribution < 1.29 is 22.7 Å². The molecule has 0 unspecified atom stereocenters. The summed E-state index contributed by atoms with van der Waals surface area (Å²) in [5, 5.41) is 0. The molecule has 1 saturated heterocycles. The Morgan fingerprint density at radius 1 is 1.00 bits per heavy atom. The Labute approximate surface area is 184 Å². The van der Waals surface area contributed by atoms with E-state index in [4.69, 9.17) is 9.47 Å². The number of hydrogen-bond donors (Lipinski definition) is 0. The lowest BCUT2D eigenvalue weighted by Crippen LogP contribution is -2.43. The van der Waals surface area contributed by atoms with Gasteiger partial charge in [-0.15, -0.1) is 0 Å². The van der Waals surface area contributed by atoms with Crippen molar-refractivity contribution >= 4 is 15.9 Å². The Balaban J connectivity index is 1.56. The molecule has 1 fully saturated rings. The number of carbonyl (C=O) groups excluding carboxylic acids is 1. The molecule has 2 aromatic rings. The summed E-state index contributed by atoms with van der Waals surface area (Å²) in [6.45, 7) is 1.19. The second-order valence-corrected chi connectivity index (χ2v) is 9.77. The van der Waals surface area contributed by atoms with Crippen LogP contribution < -0.4 is 9.47 Å². The van der Waals surface area contributed by atoms with Crippen molar-refractivity contribution in [1.29, 1.82) is 0 Å². The molecule has 0 saturated carbocycles. The van der Waals surface area contributed by atoms with Crippen LogP contribution in [-0.2, 0) is 27.1 Å². The lowest BCUT2D eigenvalue weighted by atomic mass is 9.96. The fraction of sp³-hybridized carbons (Fsp3) is 0.435. The van der Waals surface area contributed by atoms with Crippen molar-refractivity contribution in [2.24, 2.45) is 5.92 Å². The zero-order valence-corrected chi connectivity index (χ0v) is 19.1. The summed E-state index contributed by atoms with van der Waals surface area (Å²) in [6, 6.07) is 14.8. The van der Waals surface area contributed by atoms with Gasteiger partial charge in [0.05, 0.1) is 20.0 Å². The van der Waals surface area contributed by atoms with Gasteiger partial charge in [0.1, 0.15) is 0 Å². The highest BCUT2D eigenvalue weighted by molar-refractivity contribution is 7.88. The van der Waals surface area contributed by atoms with Crippen LogP contribution in [0.4, 0.5) is 0 Å². The zero-order valence-electron chi connectivity index (χ0n) is 18.3. The largest absolute Gasteiger partial charge is 0.493 e. The summed E-state index contributed by atoms with van der Waals surface area (Å²) >= 11 is 0. The number of ether oxygens (including phenoxy) is 2. The number of sulfonamides is 1. The molecule has 0 atom stereocenters. The van der Waals surface area contributed by atoms with Crippen LogP contribution in [-0.4, -0.2) is 57.9 Å². The molecular weight excluding hydrogens is 416 g/mol. The standard InChI is InChI=1S/C23H30N2O5S/c1-24(16-19-9-10-21(29-2)22(15-19)30-3)23(26)20-11-13-25(14-12-20)31(27,28)17-18-7-5-4-6-8-18/h4-10,15,20H,11-14,16-17H2,1-3H3. The van der Waals surface area contributed by atoms with E-state index in [0.717, 1.165) is 11.1 Å². The van der Waals surface area contributed by atoms with Crippen molar-refractivity contribution in [3.63, 3.8) is 0 Å². The molecule has 7 nitrogen and oxygen atoms in total. The van der Waals surface area contributed by atoms with Gasteiger partial charge in [-0.2, -0.15) is 0 Å². The van der Waals surface area contributed by atoms with Gasteiger partial charge in [-0.3, -0.25) is 4.79 Å². The van der Waals surface area contributed by atoms with E-state index in [0.29, 0.717) is 44.0 Å². The highest BCUT2D eigenvalue weighted by Gasteiger charge is 2.32. The van der Waals surface area contributed by atoms with Gasteiger partial charge < -0.3 is 14.4 Å². The summed E-state index contributed by atoms with van der Waals surface area (Å²) < 4.78 is 37.6. The first kappa shape index (κ1) is 23.1. The SMILES string of the molecule is COc1ccc(CN(C)C(=O)C2CCN(S(=O)(=O)Cc3ccccc3)CC2)cc1OC. The van der Waals surface area contributed by atoms with Gasteiger partial charge >= 0.3 is 0 Å². The molecule has 31 heavy (non-hydrogen) atoms. The Kier molecular flexibility index (Phi) is 7.56. The molecule has 0 radical (unpaired) electrons. The lowest BCUT2D eigenvalue weighted by molar-refractivity contribution is -0.135. The van der Waals surface area contributed by atoms with Crippen molar-refractivity contribution in [3.05, 3.63) is 59.7 Å². The Morgan fingerprint density at radius 3 is 2.26 bits per heavy atom. The smallest absolute Gasteiger partial charge is 0.225 e. The maximum Gasteiger partial charge on any atom is 0.225 e. The quantitative estimate of drug-likeness (QED) is 0.623. The van der Waals surface area contributed by atoms with Crippen LogP contribution in [0.15, 0.2) is 48.5 Å². The van der Waals surface area contributed by atoms with Gasteiger partial charge in [0, 0.05) is 32.6 Å². The molecular formula is C23H30N2O5S. The van der Waals surface area contributed by atoms with Gasteiger partial charge in [-0.25, -0.2) is 12.7 Å². The minimum absolute atomic E-state index is 0.00828. The molecule has 0 N–H and O–H groups in total. The van der Waals surface area contributed by atoms with Crippen molar-refractivity contribution in [1.82, 2.24) is 9.21 Å². The van der Waals surface area contributed by atoms with E-state index in [9.17, 15) is 13.2 Å². The zero-order chi connectivity index (χ0) is 22.4. The first-order chi connectivity index (χ1) is 14.8. The van der Waals surface area contributed by atoms with E-state index < -0.39 is 10.0 Å². The van der Waals surface area contributed by atoms with E-state index in [2.05, 4.69) is 0 Å². The third-order valence-corrected chi connectivity index (χ3v) is 7.48. The van der Waals surface area contributed by atoms with Crippen LogP contribution in [0, 0.1) is 5.92 Å². The molecule has 0 bridgehead atoms. The molecule has 0 aliphatic carbocycles. The minimum Gasteiger partial charge on any atom is -0.493 e. The molecule has 3 rings (SSSR count). The summed E-state index contributed by atoms with van der Waals surface area (Å²) in [5.41, 5.74) is 1.71. The van der Waals surface area contributed by atoms with Gasteiger partial charge in [0.2, 0.25) is 15.9 Å². The lowest BCUT2D eigenvalue weighted by Gasteiger charge is -2.32. The first-order valence-electron chi connectivity index (χ1n) is 10.3. The molecule has 1 amide bonds. The van der Waals surface area contributed by atoms with Gasteiger partial charge in [0.25, 0.3) is 0 Å². The molecule has 1 heterocycles. The van der Waals surface area contributed by atoms with Crippen LogP contribution in [0.1, 0.15) is 24.0 Å². The highest BCUT2D eigenvalue weighted by atomic mass is 32.2. The summed E-state index contributed by atoms with van der Waals surface area (Å²) in [6.07, 6.45) is 1.06. The van der Waals surface area contributed by atoms with Gasteiger partial charge in [-0.05, 0) is 36.1 Å². The number of piperidine rings is 1. The summed E-state index contributed by atoms with van der Waals surface area (Å²) in [5.74, 6) is 1.12. The van der Waals surface area contributed by atoms with E-state index in [1.807, 2.05) is 48.5 Å². The molecule has 2 aromatic carbocycles. The molecule has 168 valence electrons. The number of hydrogen-bond acceptors (Lipinski definition) is 5. The fourth-order valence-corrected chi connectivity index (χ4v) is 5.46. The third kappa shape index (κ3) is 5.77. The molecule has 1 aliphatic rings.